The third kappa shape index (κ3) is 4.58. The van der Waals surface area contributed by atoms with Crippen LogP contribution in [0.3, 0.4) is 0 Å². The molecule has 2 N–H and O–H groups in total. The topological polar surface area (TPSA) is 94.7 Å². The fourth-order valence-electron chi connectivity index (χ4n) is 6.08. The Morgan fingerprint density at radius 1 is 1.02 bits per heavy atom. The van der Waals surface area contributed by atoms with E-state index in [4.69, 9.17) is 4.74 Å². The van der Waals surface area contributed by atoms with E-state index in [9.17, 15) is 14.4 Å². The Hall–Kier alpha value is -4.43. The van der Waals surface area contributed by atoms with Crippen molar-refractivity contribution in [1.82, 2.24) is 15.2 Å². The highest BCUT2D eigenvalue weighted by molar-refractivity contribution is 6.24. The number of carbonyl (C=O) groups excluding carboxylic acids is 3. The summed E-state index contributed by atoms with van der Waals surface area (Å²) in [6, 6.07) is 21.5. The molecule has 1 saturated heterocycles. The van der Waals surface area contributed by atoms with Crippen LogP contribution in [0.2, 0.25) is 0 Å². The van der Waals surface area contributed by atoms with E-state index in [1.165, 1.54) is 10.5 Å². The molecule has 4 amide bonds. The predicted molar refractivity (Wildman–Crippen MR) is 158 cm³/mol. The van der Waals surface area contributed by atoms with Crippen LogP contribution in [-0.2, 0) is 16.0 Å². The zero-order valence-electron chi connectivity index (χ0n) is 23.5. The van der Waals surface area contributed by atoms with Crippen molar-refractivity contribution in [3.8, 4) is 0 Å². The molecule has 210 valence electrons. The van der Waals surface area contributed by atoms with Crippen LogP contribution < -0.4 is 10.2 Å². The van der Waals surface area contributed by atoms with Gasteiger partial charge in [0.2, 0.25) is 0 Å². The molecule has 2 unspecified atom stereocenters. The summed E-state index contributed by atoms with van der Waals surface area (Å²) in [5.41, 5.74) is 5.67. The van der Waals surface area contributed by atoms with Crippen molar-refractivity contribution in [1.29, 1.82) is 0 Å². The first-order valence-electron chi connectivity index (χ1n) is 14.1. The fraction of sp³-hybridized carbons (Fsp3) is 0.303. The Bertz CT molecular complexity index is 1620. The third-order valence-electron chi connectivity index (χ3n) is 8.17. The molecule has 0 bridgehead atoms. The molecule has 6 rings (SSSR count). The predicted octanol–water partition coefficient (Wildman–Crippen LogP) is 5.54. The van der Waals surface area contributed by atoms with Gasteiger partial charge in [0.1, 0.15) is 12.1 Å². The number of H-pyrrole nitrogens is 1. The number of imide groups is 1. The number of anilines is 1. The van der Waals surface area contributed by atoms with Crippen molar-refractivity contribution in [3.63, 3.8) is 0 Å². The van der Waals surface area contributed by atoms with Gasteiger partial charge in [0.05, 0.1) is 11.3 Å². The van der Waals surface area contributed by atoms with Gasteiger partial charge < -0.3 is 15.0 Å². The van der Waals surface area contributed by atoms with Crippen LogP contribution in [0.1, 0.15) is 65.0 Å². The van der Waals surface area contributed by atoms with Crippen LogP contribution in [-0.4, -0.2) is 54.0 Å². The number of methoxy groups -OCH3 is 1. The lowest BCUT2D eigenvalue weighted by Gasteiger charge is -2.36. The van der Waals surface area contributed by atoms with E-state index >= 15 is 0 Å². The maximum Gasteiger partial charge on any atom is 0.332 e. The Morgan fingerprint density at radius 2 is 1.76 bits per heavy atom. The maximum absolute atomic E-state index is 14.3. The van der Waals surface area contributed by atoms with Crippen molar-refractivity contribution in [3.05, 3.63) is 101 Å². The molecule has 4 aromatic rings. The average molecular weight is 551 g/mol. The Labute approximate surface area is 239 Å². The lowest BCUT2D eigenvalue weighted by Crippen LogP contribution is -2.44. The number of aromatic nitrogens is 1. The maximum atomic E-state index is 14.3. The molecule has 2 aliphatic heterocycles. The molecule has 3 heterocycles. The van der Waals surface area contributed by atoms with Crippen LogP contribution in [0.25, 0.3) is 10.9 Å². The van der Waals surface area contributed by atoms with Crippen molar-refractivity contribution in [2.45, 2.75) is 44.7 Å². The summed E-state index contributed by atoms with van der Waals surface area (Å²) in [5.74, 6) is -0.289. The van der Waals surface area contributed by atoms with Gasteiger partial charge in [0.15, 0.2) is 0 Å². The number of urea groups is 1. The van der Waals surface area contributed by atoms with Crippen molar-refractivity contribution < 1.29 is 19.1 Å². The van der Waals surface area contributed by atoms with Gasteiger partial charge in [-0.1, -0.05) is 68.4 Å². The zero-order chi connectivity index (χ0) is 28.7. The molecule has 41 heavy (non-hydrogen) atoms. The van der Waals surface area contributed by atoms with Gasteiger partial charge >= 0.3 is 6.03 Å². The molecular weight excluding hydrogens is 516 g/mol. The Morgan fingerprint density at radius 3 is 2.51 bits per heavy atom. The molecule has 0 spiro atoms. The van der Waals surface area contributed by atoms with E-state index in [0.29, 0.717) is 37.6 Å². The normalized spacial score (nSPS) is 18.2. The molecule has 1 fully saturated rings. The summed E-state index contributed by atoms with van der Waals surface area (Å²) in [6.07, 6.45) is 1.05. The molecule has 8 heteroatoms. The third-order valence-corrected chi connectivity index (χ3v) is 8.17. The quantitative estimate of drug-likeness (QED) is 0.222. The smallest absolute Gasteiger partial charge is 0.332 e. The van der Waals surface area contributed by atoms with Crippen molar-refractivity contribution in [2.24, 2.45) is 0 Å². The molecular formula is C33H34N4O4. The highest BCUT2D eigenvalue weighted by atomic mass is 16.5. The second-order valence-electron chi connectivity index (χ2n) is 11.0. The minimum atomic E-state index is -0.693. The SMILES string of the molecule is COCCCNC(=O)c1ccccc1N1C(=O)C2Cc3c([nH]c4ccccc34)C(c3ccc(C(C)C)cc3)N2C1=O. The minimum absolute atomic E-state index is 0.285. The fourth-order valence-corrected chi connectivity index (χ4v) is 6.08. The summed E-state index contributed by atoms with van der Waals surface area (Å²) >= 11 is 0. The molecule has 3 aromatic carbocycles. The van der Waals surface area contributed by atoms with Gasteiger partial charge in [-0.2, -0.15) is 0 Å². The van der Waals surface area contributed by atoms with Crippen LogP contribution >= 0.6 is 0 Å². The number of hydrogen-bond acceptors (Lipinski definition) is 4. The van der Waals surface area contributed by atoms with Crippen LogP contribution in [0.4, 0.5) is 10.5 Å². The van der Waals surface area contributed by atoms with Crippen LogP contribution in [0, 0.1) is 0 Å². The standard InChI is InChI=1S/C33H34N4O4/c1-20(2)21-13-15-22(16-14-21)30-29-25(23-9-4-6-11-26(23)35-29)19-28-32(39)37(33(40)36(28)30)27-12-7-5-10-24(27)31(38)34-17-8-18-41-3/h4-7,9-16,20,28,30,35H,8,17-19H2,1-3H3,(H,34,38). The molecule has 0 aliphatic carbocycles. The number of nitrogens with one attached hydrogen (secondary N) is 2. The lowest BCUT2D eigenvalue weighted by molar-refractivity contribution is -0.120. The molecule has 1 aromatic heterocycles. The van der Waals surface area contributed by atoms with Crippen LogP contribution in [0.5, 0.6) is 0 Å². The zero-order valence-corrected chi connectivity index (χ0v) is 23.5. The van der Waals surface area contributed by atoms with Gasteiger partial charge in [-0.25, -0.2) is 9.69 Å². The summed E-state index contributed by atoms with van der Waals surface area (Å²) < 4.78 is 5.07. The Kier molecular flexibility index (Phi) is 7.09. The van der Waals surface area contributed by atoms with Crippen molar-refractivity contribution >= 4 is 34.4 Å². The molecule has 2 atom stereocenters. The van der Waals surface area contributed by atoms with E-state index in [1.54, 1.807) is 36.3 Å². The number of nitrogens with zero attached hydrogens (tertiary/aromatic N) is 2. The number of ether oxygens (including phenoxy) is 1. The highest BCUT2D eigenvalue weighted by Gasteiger charge is 2.53. The van der Waals surface area contributed by atoms with Gasteiger partial charge in [-0.05, 0) is 47.2 Å². The summed E-state index contributed by atoms with van der Waals surface area (Å²) in [6.45, 7) is 5.24. The van der Waals surface area contributed by atoms with E-state index < -0.39 is 18.1 Å². The number of para-hydroxylation sites is 2. The largest absolute Gasteiger partial charge is 0.385 e. The lowest BCUT2D eigenvalue weighted by atomic mass is 9.88. The van der Waals surface area contributed by atoms with Gasteiger partial charge in [-0.15, -0.1) is 0 Å². The first kappa shape index (κ1) is 26.8. The van der Waals surface area contributed by atoms with Crippen LogP contribution in [0.15, 0.2) is 72.8 Å². The first-order chi connectivity index (χ1) is 19.9. The number of rotatable bonds is 8. The van der Waals surface area contributed by atoms with E-state index in [1.807, 2.05) is 18.2 Å². The number of amides is 4. The van der Waals surface area contributed by atoms with E-state index in [-0.39, 0.29) is 17.4 Å². The minimum Gasteiger partial charge on any atom is -0.385 e. The number of aromatic amines is 1. The second-order valence-corrected chi connectivity index (χ2v) is 11.0. The number of fused-ring (bicyclic) bond motifs is 4. The number of carbonyl (C=O) groups is 3. The summed E-state index contributed by atoms with van der Waals surface area (Å²) in [7, 11) is 1.61. The molecule has 0 radical (unpaired) electrons. The average Bonchev–Trinajstić information content (AvgIpc) is 3.48. The monoisotopic (exact) mass is 550 g/mol. The molecule has 8 nitrogen and oxygen atoms in total. The highest BCUT2D eigenvalue weighted by Crippen LogP contribution is 2.45. The Balaban J connectivity index is 1.42. The van der Waals surface area contributed by atoms with Gasteiger partial charge in [-0.3, -0.25) is 14.5 Å². The second kappa shape index (κ2) is 10.9. The summed E-state index contributed by atoms with van der Waals surface area (Å²) in [5, 5.41) is 3.94. The molecule has 0 saturated carbocycles. The number of hydrogen-bond donors (Lipinski definition) is 2. The van der Waals surface area contributed by atoms with Gasteiger partial charge in [0.25, 0.3) is 11.8 Å². The van der Waals surface area contributed by atoms with Gasteiger partial charge in [0, 0.05) is 43.3 Å². The number of benzene rings is 3. The van der Waals surface area contributed by atoms with Crippen molar-refractivity contribution in [2.75, 3.05) is 25.2 Å². The first-order valence-corrected chi connectivity index (χ1v) is 14.1. The van der Waals surface area contributed by atoms with E-state index in [0.717, 1.165) is 27.7 Å². The van der Waals surface area contributed by atoms with E-state index in [2.05, 4.69) is 54.5 Å². The summed E-state index contributed by atoms with van der Waals surface area (Å²) in [4.78, 5) is 48.0. The molecule has 2 aliphatic rings.